The molecule has 1 fully saturated rings. The first-order valence-corrected chi connectivity index (χ1v) is 7.40. The average Bonchev–Trinajstić information content (AvgIpc) is 2.53. The number of nitrogens with one attached hydrogen (secondary N) is 1. The van der Waals surface area contributed by atoms with Gasteiger partial charge in [0.2, 0.25) is 5.91 Å². The Hall–Kier alpha value is -1.75. The number of aliphatic hydroxyl groups excluding tert-OH is 1. The van der Waals surface area contributed by atoms with Gasteiger partial charge in [0.15, 0.2) is 0 Å². The molecule has 21 heavy (non-hydrogen) atoms. The zero-order valence-corrected chi connectivity index (χ0v) is 12.9. The third-order valence-corrected chi connectivity index (χ3v) is 4.13. The monoisotopic (exact) mass is 292 g/mol. The van der Waals surface area contributed by atoms with Crippen LogP contribution in [0, 0.1) is 5.92 Å². The number of nitrogens with zero attached hydrogens (tertiary/aromatic N) is 1. The van der Waals surface area contributed by atoms with Gasteiger partial charge in [-0.05, 0) is 31.9 Å². The highest BCUT2D eigenvalue weighted by molar-refractivity contribution is 5.78. The minimum Gasteiger partial charge on any atom is -0.496 e. The lowest BCUT2D eigenvalue weighted by molar-refractivity contribution is -0.125. The number of rotatable bonds is 4. The van der Waals surface area contributed by atoms with Crippen LogP contribution in [0.2, 0.25) is 0 Å². The summed E-state index contributed by atoms with van der Waals surface area (Å²) in [7, 11) is 3.30. The molecule has 0 spiro atoms. The smallest absolute Gasteiger partial charge is 0.222 e. The molecule has 1 saturated heterocycles. The predicted molar refractivity (Wildman–Crippen MR) is 82.6 cm³/mol. The summed E-state index contributed by atoms with van der Waals surface area (Å²) in [5.74, 6) is 0.916. The van der Waals surface area contributed by atoms with Crippen LogP contribution in [0.15, 0.2) is 18.2 Å². The number of piperidine rings is 1. The Labute approximate surface area is 125 Å². The second-order valence-electron chi connectivity index (χ2n) is 5.44. The second-order valence-corrected chi connectivity index (χ2v) is 5.44. The number of benzene rings is 1. The van der Waals surface area contributed by atoms with Crippen molar-refractivity contribution < 1.29 is 14.6 Å². The average molecular weight is 292 g/mol. The molecule has 1 aromatic rings. The topological polar surface area (TPSA) is 61.8 Å². The summed E-state index contributed by atoms with van der Waals surface area (Å²) in [5.41, 5.74) is 1.82. The molecule has 5 nitrogen and oxygen atoms in total. The van der Waals surface area contributed by atoms with Crippen LogP contribution >= 0.6 is 0 Å². The number of methoxy groups -OCH3 is 1. The molecule has 0 aliphatic carbocycles. The second kappa shape index (κ2) is 6.80. The summed E-state index contributed by atoms with van der Waals surface area (Å²) >= 11 is 0. The molecule has 116 valence electrons. The van der Waals surface area contributed by atoms with E-state index in [1.165, 1.54) is 0 Å². The van der Waals surface area contributed by atoms with Crippen molar-refractivity contribution in [2.75, 3.05) is 32.1 Å². The maximum Gasteiger partial charge on any atom is 0.222 e. The Balaban J connectivity index is 2.19. The minimum absolute atomic E-state index is 0.0897. The van der Waals surface area contributed by atoms with Crippen molar-refractivity contribution in [3.63, 3.8) is 0 Å². The molecule has 1 amide bonds. The number of ether oxygens (including phenoxy) is 1. The van der Waals surface area contributed by atoms with Gasteiger partial charge in [-0.25, -0.2) is 0 Å². The van der Waals surface area contributed by atoms with Gasteiger partial charge in [0.25, 0.3) is 0 Å². The highest BCUT2D eigenvalue weighted by Gasteiger charge is 2.26. The Morgan fingerprint density at radius 1 is 1.43 bits per heavy atom. The number of aliphatic hydroxyl groups is 1. The first kappa shape index (κ1) is 15.6. The van der Waals surface area contributed by atoms with E-state index in [4.69, 9.17) is 4.74 Å². The van der Waals surface area contributed by atoms with Gasteiger partial charge >= 0.3 is 0 Å². The van der Waals surface area contributed by atoms with Gasteiger partial charge in [-0.1, -0.05) is 6.07 Å². The minimum atomic E-state index is -0.590. The number of anilines is 1. The molecule has 0 bridgehead atoms. The number of carbonyl (C=O) groups is 1. The standard InChI is InChI=1S/C16H24N2O3/c1-11(19)15-13(5-4-6-14(15)21-3)18-9-7-12(8-10-18)16(20)17-2/h4-6,11-12,19H,7-10H2,1-3H3,(H,17,20)/t11-/m0/s1. The lowest BCUT2D eigenvalue weighted by atomic mass is 9.94. The molecule has 0 aromatic heterocycles. The predicted octanol–water partition coefficient (Wildman–Crippen LogP) is 1.71. The first-order chi connectivity index (χ1) is 10.1. The molecular weight excluding hydrogens is 268 g/mol. The van der Waals surface area contributed by atoms with Gasteiger partial charge in [-0.15, -0.1) is 0 Å². The fourth-order valence-corrected chi connectivity index (χ4v) is 2.99. The summed E-state index contributed by atoms with van der Waals surface area (Å²) in [5, 5.41) is 12.8. The van der Waals surface area contributed by atoms with Crippen molar-refractivity contribution in [3.05, 3.63) is 23.8 Å². The van der Waals surface area contributed by atoms with E-state index in [0.29, 0.717) is 5.75 Å². The maximum absolute atomic E-state index is 11.7. The van der Waals surface area contributed by atoms with Crippen LogP contribution in [0.5, 0.6) is 5.75 Å². The first-order valence-electron chi connectivity index (χ1n) is 7.40. The molecule has 0 radical (unpaired) electrons. The van der Waals surface area contributed by atoms with Crippen LogP contribution in [0.25, 0.3) is 0 Å². The fourth-order valence-electron chi connectivity index (χ4n) is 2.99. The molecular formula is C16H24N2O3. The number of hydrogen-bond donors (Lipinski definition) is 2. The Bertz CT molecular complexity index is 494. The summed E-state index contributed by atoms with van der Waals surface area (Å²) in [4.78, 5) is 13.9. The van der Waals surface area contributed by atoms with Gasteiger partial charge in [-0.3, -0.25) is 4.79 Å². The van der Waals surface area contributed by atoms with Gasteiger partial charge in [-0.2, -0.15) is 0 Å². The SMILES string of the molecule is CNC(=O)C1CCN(c2cccc(OC)c2[C@H](C)O)CC1. The molecule has 2 N–H and O–H groups in total. The molecule has 2 rings (SSSR count). The van der Waals surface area contributed by atoms with E-state index in [2.05, 4.69) is 10.2 Å². The third kappa shape index (κ3) is 3.29. The normalized spacial score (nSPS) is 17.4. The highest BCUT2D eigenvalue weighted by atomic mass is 16.5. The number of hydrogen-bond acceptors (Lipinski definition) is 4. The van der Waals surface area contributed by atoms with E-state index >= 15 is 0 Å². The van der Waals surface area contributed by atoms with Crippen molar-refractivity contribution in [2.45, 2.75) is 25.9 Å². The van der Waals surface area contributed by atoms with Gasteiger partial charge in [0, 0.05) is 37.3 Å². The lowest BCUT2D eigenvalue weighted by Gasteiger charge is -2.34. The van der Waals surface area contributed by atoms with E-state index in [0.717, 1.165) is 37.2 Å². The molecule has 1 aliphatic heterocycles. The zero-order valence-electron chi connectivity index (χ0n) is 12.9. The Kier molecular flexibility index (Phi) is 5.07. The van der Waals surface area contributed by atoms with E-state index < -0.39 is 6.10 Å². The van der Waals surface area contributed by atoms with E-state index in [1.807, 2.05) is 18.2 Å². The molecule has 0 saturated carbocycles. The highest BCUT2D eigenvalue weighted by Crippen LogP contribution is 2.36. The summed E-state index contributed by atoms with van der Waals surface area (Å²) in [6.07, 6.45) is 1.07. The van der Waals surface area contributed by atoms with Gasteiger partial charge in [0.05, 0.1) is 13.2 Å². The van der Waals surface area contributed by atoms with Crippen LogP contribution in [0.1, 0.15) is 31.4 Å². The largest absolute Gasteiger partial charge is 0.496 e. The number of amides is 1. The maximum atomic E-state index is 11.7. The van der Waals surface area contributed by atoms with Crippen LogP contribution in [-0.4, -0.2) is 38.3 Å². The quantitative estimate of drug-likeness (QED) is 0.887. The fraction of sp³-hybridized carbons (Fsp3) is 0.562. The van der Waals surface area contributed by atoms with Crippen molar-refractivity contribution in [3.8, 4) is 5.75 Å². The molecule has 5 heteroatoms. The summed E-state index contributed by atoms with van der Waals surface area (Å²) in [6, 6.07) is 5.80. The van der Waals surface area contributed by atoms with Crippen molar-refractivity contribution >= 4 is 11.6 Å². The number of carbonyl (C=O) groups excluding carboxylic acids is 1. The summed E-state index contributed by atoms with van der Waals surface area (Å²) < 4.78 is 5.36. The molecule has 0 unspecified atom stereocenters. The molecule has 1 aliphatic rings. The van der Waals surface area contributed by atoms with Crippen LogP contribution in [0.3, 0.4) is 0 Å². The van der Waals surface area contributed by atoms with E-state index in [1.54, 1.807) is 21.1 Å². The van der Waals surface area contributed by atoms with Gasteiger partial charge < -0.3 is 20.1 Å². The van der Waals surface area contributed by atoms with E-state index in [9.17, 15) is 9.90 Å². The van der Waals surface area contributed by atoms with Crippen molar-refractivity contribution in [2.24, 2.45) is 5.92 Å². The summed E-state index contributed by atoms with van der Waals surface area (Å²) in [6.45, 7) is 3.37. The third-order valence-electron chi connectivity index (χ3n) is 4.13. The van der Waals surface area contributed by atoms with Crippen molar-refractivity contribution in [1.29, 1.82) is 0 Å². The van der Waals surface area contributed by atoms with Gasteiger partial charge in [0.1, 0.15) is 5.75 Å². The molecule has 1 aromatic carbocycles. The zero-order chi connectivity index (χ0) is 15.4. The molecule has 1 heterocycles. The molecule has 1 atom stereocenters. The Morgan fingerprint density at radius 2 is 2.10 bits per heavy atom. The lowest BCUT2D eigenvalue weighted by Crippen LogP contribution is -2.40. The van der Waals surface area contributed by atoms with Crippen LogP contribution in [0.4, 0.5) is 5.69 Å². The van der Waals surface area contributed by atoms with E-state index in [-0.39, 0.29) is 11.8 Å². The van der Waals surface area contributed by atoms with Crippen LogP contribution < -0.4 is 15.0 Å². The Morgan fingerprint density at radius 3 is 2.62 bits per heavy atom. The van der Waals surface area contributed by atoms with Crippen molar-refractivity contribution in [1.82, 2.24) is 5.32 Å². The van der Waals surface area contributed by atoms with Crippen LogP contribution in [-0.2, 0) is 4.79 Å².